The van der Waals surface area contributed by atoms with Crippen molar-refractivity contribution in [1.82, 2.24) is 10.0 Å². The van der Waals surface area contributed by atoms with Gasteiger partial charge in [0.25, 0.3) is 0 Å². The summed E-state index contributed by atoms with van der Waals surface area (Å²) in [6, 6.07) is 4.78. The molecule has 6 nitrogen and oxygen atoms in total. The number of halogens is 1. The van der Waals surface area contributed by atoms with Gasteiger partial charge in [-0.1, -0.05) is 22.0 Å². The number of sulfonamides is 1. The van der Waals surface area contributed by atoms with Crippen molar-refractivity contribution in [3.63, 3.8) is 0 Å². The van der Waals surface area contributed by atoms with Crippen LogP contribution in [0.3, 0.4) is 0 Å². The van der Waals surface area contributed by atoms with E-state index in [-0.39, 0.29) is 5.56 Å². The first kappa shape index (κ1) is 16.1. The van der Waals surface area contributed by atoms with Crippen LogP contribution in [0.25, 0.3) is 0 Å². The van der Waals surface area contributed by atoms with Crippen LogP contribution in [0.15, 0.2) is 22.7 Å². The molecular formula is C11H15BrN2O4S. The van der Waals surface area contributed by atoms with Crippen LogP contribution >= 0.6 is 15.9 Å². The van der Waals surface area contributed by atoms with Crippen molar-refractivity contribution in [3.05, 3.63) is 33.8 Å². The average molecular weight is 351 g/mol. The average Bonchev–Trinajstić information content (AvgIpc) is 2.28. The lowest BCUT2D eigenvalue weighted by molar-refractivity contribution is 0.0697. The fraction of sp³-hybridized carbons (Fsp3) is 0.364. The van der Waals surface area contributed by atoms with Gasteiger partial charge in [-0.25, -0.2) is 17.9 Å². The summed E-state index contributed by atoms with van der Waals surface area (Å²) in [4.78, 5) is 10.8. The third kappa shape index (κ3) is 6.15. The Morgan fingerprint density at radius 2 is 2.05 bits per heavy atom. The molecule has 0 aliphatic heterocycles. The van der Waals surface area contributed by atoms with Crippen molar-refractivity contribution >= 4 is 31.9 Å². The molecule has 0 aliphatic carbocycles. The van der Waals surface area contributed by atoms with Crippen LogP contribution in [0.5, 0.6) is 0 Å². The standard InChI is InChI=1S/C11H15BrN2O4S/c1-19(17,18)14-5-4-13-7-9-3-2-8(11(15)16)6-10(9)12/h2-3,6,13-14H,4-5,7H2,1H3,(H,15,16). The Labute approximate surface area is 120 Å². The Morgan fingerprint density at radius 1 is 1.37 bits per heavy atom. The molecule has 1 aromatic carbocycles. The lowest BCUT2D eigenvalue weighted by Gasteiger charge is -2.08. The van der Waals surface area contributed by atoms with Gasteiger partial charge in [0, 0.05) is 24.1 Å². The molecule has 106 valence electrons. The highest BCUT2D eigenvalue weighted by Gasteiger charge is 2.06. The number of rotatable bonds is 7. The first-order chi connectivity index (χ1) is 8.79. The van der Waals surface area contributed by atoms with Crippen molar-refractivity contribution in [2.75, 3.05) is 19.3 Å². The summed E-state index contributed by atoms with van der Waals surface area (Å²) in [7, 11) is -3.16. The molecule has 0 aromatic heterocycles. The maximum absolute atomic E-state index is 10.8. The summed E-state index contributed by atoms with van der Waals surface area (Å²) in [6.07, 6.45) is 1.11. The first-order valence-corrected chi connectivity index (χ1v) is 8.15. The van der Waals surface area contributed by atoms with Crippen LogP contribution in [0, 0.1) is 0 Å². The molecule has 1 aromatic rings. The fourth-order valence-electron chi connectivity index (χ4n) is 1.37. The van der Waals surface area contributed by atoms with Gasteiger partial charge >= 0.3 is 5.97 Å². The van der Waals surface area contributed by atoms with Gasteiger partial charge in [-0.3, -0.25) is 0 Å². The van der Waals surface area contributed by atoms with Crippen LogP contribution in [-0.4, -0.2) is 38.8 Å². The molecule has 0 saturated heterocycles. The van der Waals surface area contributed by atoms with E-state index in [1.165, 1.54) is 12.1 Å². The maximum atomic E-state index is 10.8. The monoisotopic (exact) mass is 350 g/mol. The lowest BCUT2D eigenvalue weighted by atomic mass is 10.1. The van der Waals surface area contributed by atoms with Gasteiger partial charge in [0.2, 0.25) is 10.0 Å². The van der Waals surface area contributed by atoms with E-state index in [4.69, 9.17) is 5.11 Å². The van der Waals surface area contributed by atoms with Gasteiger partial charge in [0.15, 0.2) is 0 Å². The van der Waals surface area contributed by atoms with Crippen molar-refractivity contribution in [2.24, 2.45) is 0 Å². The Hall–Kier alpha value is -0.960. The van der Waals surface area contributed by atoms with E-state index in [1.807, 2.05) is 0 Å². The molecule has 0 atom stereocenters. The SMILES string of the molecule is CS(=O)(=O)NCCNCc1ccc(C(=O)O)cc1Br. The molecule has 1 rings (SSSR count). The van der Waals surface area contributed by atoms with Gasteiger partial charge in [0.05, 0.1) is 11.8 Å². The highest BCUT2D eigenvalue weighted by molar-refractivity contribution is 9.10. The number of nitrogens with one attached hydrogen (secondary N) is 2. The minimum absolute atomic E-state index is 0.217. The molecule has 19 heavy (non-hydrogen) atoms. The molecule has 0 heterocycles. The largest absolute Gasteiger partial charge is 0.478 e. The van der Waals surface area contributed by atoms with Gasteiger partial charge in [-0.05, 0) is 17.7 Å². The van der Waals surface area contributed by atoms with Crippen LogP contribution in [0.4, 0.5) is 0 Å². The predicted octanol–water partition coefficient (Wildman–Crippen LogP) is 0.786. The van der Waals surface area contributed by atoms with Crippen LogP contribution in [0.2, 0.25) is 0 Å². The fourth-order valence-corrected chi connectivity index (χ4v) is 2.36. The number of hydrogen-bond donors (Lipinski definition) is 3. The van der Waals surface area contributed by atoms with E-state index in [0.717, 1.165) is 11.8 Å². The Balaban J connectivity index is 2.44. The minimum Gasteiger partial charge on any atom is -0.478 e. The first-order valence-electron chi connectivity index (χ1n) is 5.46. The quantitative estimate of drug-likeness (QED) is 0.631. The molecule has 0 unspecified atom stereocenters. The predicted molar refractivity (Wildman–Crippen MR) is 75.7 cm³/mol. The molecule has 0 fully saturated rings. The van der Waals surface area contributed by atoms with Crippen molar-refractivity contribution in [1.29, 1.82) is 0 Å². The molecule has 0 amide bonds. The molecular weight excluding hydrogens is 336 g/mol. The molecule has 0 radical (unpaired) electrons. The Kier molecular flexibility index (Phi) is 5.92. The Morgan fingerprint density at radius 3 is 2.58 bits per heavy atom. The van der Waals surface area contributed by atoms with Crippen LogP contribution < -0.4 is 10.0 Å². The van der Waals surface area contributed by atoms with Gasteiger partial charge < -0.3 is 10.4 Å². The summed E-state index contributed by atoms with van der Waals surface area (Å²) in [5.74, 6) is -0.974. The van der Waals surface area contributed by atoms with Gasteiger partial charge in [0.1, 0.15) is 0 Å². The number of carboxylic acids is 1. The highest BCUT2D eigenvalue weighted by atomic mass is 79.9. The number of carboxylic acid groups (broad SMARTS) is 1. The molecule has 8 heteroatoms. The normalized spacial score (nSPS) is 11.5. The minimum atomic E-state index is -3.16. The zero-order chi connectivity index (χ0) is 14.5. The van der Waals surface area contributed by atoms with E-state index in [2.05, 4.69) is 26.0 Å². The summed E-state index contributed by atoms with van der Waals surface area (Å²) < 4.78 is 24.7. The third-order valence-electron chi connectivity index (χ3n) is 2.28. The van der Waals surface area contributed by atoms with E-state index >= 15 is 0 Å². The smallest absolute Gasteiger partial charge is 0.335 e. The van der Waals surface area contributed by atoms with E-state index in [9.17, 15) is 13.2 Å². The van der Waals surface area contributed by atoms with Gasteiger partial charge in [-0.15, -0.1) is 0 Å². The third-order valence-corrected chi connectivity index (χ3v) is 3.75. The van der Waals surface area contributed by atoms with E-state index in [0.29, 0.717) is 24.1 Å². The molecule has 0 spiro atoms. The highest BCUT2D eigenvalue weighted by Crippen LogP contribution is 2.18. The van der Waals surface area contributed by atoms with E-state index in [1.54, 1.807) is 6.07 Å². The second kappa shape index (κ2) is 6.99. The van der Waals surface area contributed by atoms with E-state index < -0.39 is 16.0 Å². The summed E-state index contributed by atoms with van der Waals surface area (Å²) in [6.45, 7) is 1.32. The van der Waals surface area contributed by atoms with Crippen molar-refractivity contribution in [2.45, 2.75) is 6.54 Å². The lowest BCUT2D eigenvalue weighted by Crippen LogP contribution is -2.30. The molecule has 0 saturated carbocycles. The summed E-state index contributed by atoms with van der Waals surface area (Å²) in [5, 5.41) is 11.9. The molecule has 0 aliphatic rings. The summed E-state index contributed by atoms with van der Waals surface area (Å²) >= 11 is 3.30. The number of carbonyl (C=O) groups is 1. The van der Waals surface area contributed by atoms with Crippen LogP contribution in [0.1, 0.15) is 15.9 Å². The zero-order valence-electron chi connectivity index (χ0n) is 10.3. The molecule has 0 bridgehead atoms. The zero-order valence-corrected chi connectivity index (χ0v) is 12.7. The summed E-state index contributed by atoms with van der Waals surface area (Å²) in [5.41, 5.74) is 1.12. The second-order valence-electron chi connectivity index (χ2n) is 3.95. The number of hydrogen-bond acceptors (Lipinski definition) is 4. The number of aromatic carboxylic acids is 1. The van der Waals surface area contributed by atoms with Crippen molar-refractivity contribution in [3.8, 4) is 0 Å². The number of benzene rings is 1. The van der Waals surface area contributed by atoms with Gasteiger partial charge in [-0.2, -0.15) is 0 Å². The van der Waals surface area contributed by atoms with Crippen LogP contribution in [-0.2, 0) is 16.6 Å². The molecule has 3 N–H and O–H groups in total. The van der Waals surface area contributed by atoms with Crippen molar-refractivity contribution < 1.29 is 18.3 Å². The maximum Gasteiger partial charge on any atom is 0.335 e. The topological polar surface area (TPSA) is 95.5 Å². The second-order valence-corrected chi connectivity index (χ2v) is 6.64. The Bertz CT molecular complexity index is 560.